The van der Waals surface area contributed by atoms with Crippen molar-refractivity contribution >= 4 is 0 Å². The van der Waals surface area contributed by atoms with Crippen LogP contribution in [0.25, 0.3) is 0 Å². The standard InChI is InChI=1S/Ce.Fe.Mo.7O.V/q+3;+2;+4;7*-2;. The van der Waals surface area contributed by atoms with Crippen LogP contribution in [-0.2, 0) is 95.0 Å². The molecule has 0 atom stereocenters. The zero-order valence-electron chi connectivity index (χ0n) is 4.57. The zero-order chi connectivity index (χ0) is 0. The van der Waals surface area contributed by atoms with Gasteiger partial charge in [0, 0.05) is 18.6 Å². The van der Waals surface area contributed by atoms with Gasteiger partial charge in [0.05, 0.1) is 0 Å². The third-order valence-electron chi connectivity index (χ3n) is 0. The molecular weight excluding hydrogens is 455 g/mol. The maximum atomic E-state index is 0. The fourth-order valence-electron chi connectivity index (χ4n) is 0. The van der Waals surface area contributed by atoms with Crippen LogP contribution in [0.15, 0.2) is 0 Å². The van der Waals surface area contributed by atoms with E-state index in [1.165, 1.54) is 0 Å². The van der Waals surface area contributed by atoms with Gasteiger partial charge in [0.2, 0.25) is 0 Å². The second-order valence-corrected chi connectivity index (χ2v) is 0. The molecule has 0 aromatic rings. The summed E-state index contributed by atoms with van der Waals surface area (Å²) < 4.78 is 0. The Labute approximate surface area is 135 Å². The molecule has 0 rings (SSSR count). The normalized spacial score (nSPS) is 0. The second kappa shape index (κ2) is 218. The average Bonchev–Trinajstić information content (AvgIpc) is 0. The van der Waals surface area contributed by atoms with Crippen LogP contribution in [-0.4, -0.2) is 0 Å². The molecule has 0 aromatic heterocycles. The van der Waals surface area contributed by atoms with Gasteiger partial charge in [0.25, 0.3) is 0 Å². The van der Waals surface area contributed by atoms with Gasteiger partial charge >= 0.3 is 79.9 Å². The Hall–Kier alpha value is 2.89. The number of hydrogen-bond donors (Lipinski definition) is 0. The molecule has 0 fully saturated rings. The van der Waals surface area contributed by atoms with Crippen LogP contribution in [0, 0.1) is 41.7 Å². The van der Waals surface area contributed by atoms with E-state index >= 15 is 0 Å². The Morgan fingerprint density at radius 3 is 0.455 bits per heavy atom. The zero-order valence-corrected chi connectivity index (χ0v) is 12.2. The van der Waals surface area contributed by atoms with Crippen LogP contribution in [0.2, 0.25) is 0 Å². The molecule has 0 aliphatic carbocycles. The Bertz CT molecular complexity index is 18.4. The number of hydrogen-bond acceptors (Lipinski definition) is 0. The Kier molecular flexibility index (Phi) is 5490. The van der Waals surface area contributed by atoms with Crippen molar-refractivity contribution in [2.24, 2.45) is 0 Å². The van der Waals surface area contributed by atoms with Crippen LogP contribution in [0.3, 0.4) is 0 Å². The smallest absolute Gasteiger partial charge is 2.00 e. The Morgan fingerprint density at radius 1 is 0.455 bits per heavy atom. The summed E-state index contributed by atoms with van der Waals surface area (Å²) in [4.78, 5) is 0. The van der Waals surface area contributed by atoms with E-state index in [2.05, 4.69) is 0 Å². The van der Waals surface area contributed by atoms with E-state index in [0.29, 0.717) is 0 Å². The SMILES string of the molecule is [Ce+3].[Fe+2].[Mo+4].[O-2].[O-2].[O-2].[O-2].[O-2].[O-2].[O-2].[V]. The molecule has 2 radical (unpaired) electrons. The third-order valence-corrected chi connectivity index (χ3v) is 0. The fourth-order valence-corrected chi connectivity index (χ4v) is 0. The van der Waals surface area contributed by atoms with Crippen LogP contribution >= 0.6 is 0 Å². The monoisotopic (exact) mass is 457 g/mol. The van der Waals surface area contributed by atoms with E-state index in [9.17, 15) is 0 Å². The van der Waals surface area contributed by atoms with Gasteiger partial charge in [-0.05, 0) is 0 Å². The minimum atomic E-state index is 0. The summed E-state index contributed by atoms with van der Waals surface area (Å²) in [5.74, 6) is 0. The van der Waals surface area contributed by atoms with Crippen molar-refractivity contribution in [1.82, 2.24) is 0 Å². The summed E-state index contributed by atoms with van der Waals surface area (Å²) in [7, 11) is 0. The average molecular weight is 455 g/mol. The van der Waals surface area contributed by atoms with E-state index in [-0.39, 0.29) is 137 Å². The van der Waals surface area contributed by atoms with E-state index in [1.54, 1.807) is 0 Å². The predicted molar refractivity (Wildman–Crippen MR) is 4.81 cm³/mol. The van der Waals surface area contributed by atoms with Crippen LogP contribution in [0.1, 0.15) is 0 Å². The first-order chi connectivity index (χ1) is 0. The molecule has 0 spiro atoms. The summed E-state index contributed by atoms with van der Waals surface area (Å²) in [6.07, 6.45) is 0. The molecule has 0 N–H and O–H groups in total. The molecule has 0 saturated heterocycles. The molecule has 11 heavy (non-hydrogen) atoms. The molecule has 0 aromatic carbocycles. The number of rotatable bonds is 0. The molecule has 0 heterocycles. The minimum absolute atomic E-state index is 0. The Balaban J connectivity index is 0. The maximum absolute atomic E-state index is 0. The van der Waals surface area contributed by atoms with Gasteiger partial charge < -0.3 is 38.3 Å². The third kappa shape index (κ3) is 183. The first-order valence-corrected chi connectivity index (χ1v) is 0. The molecule has 0 aliphatic heterocycles. The molecular formula is CeFeMoO7V-5. The van der Waals surface area contributed by atoms with E-state index in [1.807, 2.05) is 0 Å². The van der Waals surface area contributed by atoms with Crippen molar-refractivity contribution in [3.8, 4) is 0 Å². The molecule has 0 aliphatic rings. The summed E-state index contributed by atoms with van der Waals surface area (Å²) in [5.41, 5.74) is 0. The van der Waals surface area contributed by atoms with Crippen molar-refractivity contribution in [3.63, 3.8) is 0 Å². The van der Waals surface area contributed by atoms with Crippen molar-refractivity contribution in [2.45, 2.75) is 0 Å². The maximum Gasteiger partial charge on any atom is 4.00 e. The summed E-state index contributed by atoms with van der Waals surface area (Å²) in [5, 5.41) is 0. The summed E-state index contributed by atoms with van der Waals surface area (Å²) in [6, 6.07) is 0. The largest absolute Gasteiger partial charge is 4.00 e. The Morgan fingerprint density at radius 2 is 0.455 bits per heavy atom. The molecule has 70 valence electrons. The molecule has 0 amide bonds. The molecule has 11 heteroatoms. The molecule has 0 bridgehead atoms. The minimum Gasteiger partial charge on any atom is -2.00 e. The van der Waals surface area contributed by atoms with Crippen molar-refractivity contribution in [1.29, 1.82) is 0 Å². The first kappa shape index (κ1) is 276. The van der Waals surface area contributed by atoms with Crippen LogP contribution < -0.4 is 0 Å². The van der Waals surface area contributed by atoms with Gasteiger partial charge in [0.15, 0.2) is 0 Å². The van der Waals surface area contributed by atoms with Crippen molar-refractivity contribution in [3.05, 3.63) is 0 Å². The van der Waals surface area contributed by atoms with Gasteiger partial charge in [-0.15, -0.1) is 0 Å². The first-order valence-electron chi connectivity index (χ1n) is 0. The molecule has 0 saturated carbocycles. The van der Waals surface area contributed by atoms with Crippen molar-refractivity contribution < 1.29 is 137 Å². The molecule has 0 unspecified atom stereocenters. The second-order valence-electron chi connectivity index (χ2n) is 0. The summed E-state index contributed by atoms with van der Waals surface area (Å²) >= 11 is 0. The van der Waals surface area contributed by atoms with E-state index < -0.39 is 0 Å². The van der Waals surface area contributed by atoms with Gasteiger partial charge in [0.1, 0.15) is 0 Å². The van der Waals surface area contributed by atoms with Crippen LogP contribution in [0.5, 0.6) is 0 Å². The van der Waals surface area contributed by atoms with Crippen LogP contribution in [0.4, 0.5) is 0 Å². The van der Waals surface area contributed by atoms with Crippen molar-refractivity contribution in [2.75, 3.05) is 0 Å². The van der Waals surface area contributed by atoms with E-state index in [0.717, 1.165) is 0 Å². The predicted octanol–water partition coefficient (Wildman–Crippen LogP) is -0.839. The topological polar surface area (TPSA) is 200 Å². The fraction of sp³-hybridized carbons (Fsp3) is 0. The van der Waals surface area contributed by atoms with Gasteiger partial charge in [-0.3, -0.25) is 0 Å². The quantitative estimate of drug-likeness (QED) is 0.411. The van der Waals surface area contributed by atoms with Gasteiger partial charge in [-0.2, -0.15) is 0 Å². The summed E-state index contributed by atoms with van der Waals surface area (Å²) in [6.45, 7) is 0. The van der Waals surface area contributed by atoms with E-state index in [4.69, 9.17) is 0 Å². The van der Waals surface area contributed by atoms with Gasteiger partial charge in [-0.25, -0.2) is 0 Å². The van der Waals surface area contributed by atoms with Gasteiger partial charge in [-0.1, -0.05) is 0 Å². The molecule has 7 nitrogen and oxygen atoms in total.